The lowest BCUT2D eigenvalue weighted by atomic mass is 10.1. The van der Waals surface area contributed by atoms with Crippen molar-refractivity contribution < 1.29 is 9.90 Å². The molecule has 0 aliphatic rings. The zero-order valence-corrected chi connectivity index (χ0v) is 6.76. The highest BCUT2D eigenvalue weighted by molar-refractivity contribution is 5.64. The number of rotatable bonds is 3. The molecule has 3 nitrogen and oxygen atoms in total. The molecule has 0 bridgehead atoms. The number of carbonyl (C=O) groups excluding carboxylic acids is 1. The van der Waals surface area contributed by atoms with E-state index in [-0.39, 0.29) is 6.04 Å². The van der Waals surface area contributed by atoms with Gasteiger partial charge >= 0.3 is 6.09 Å². The second-order valence-electron chi connectivity index (χ2n) is 2.35. The largest absolute Gasteiger partial charge is 0.453 e. The van der Waals surface area contributed by atoms with Crippen LogP contribution in [0.15, 0.2) is 0 Å². The quantitative estimate of drug-likeness (QED) is 0.593. The molecular weight excluding hydrogens is 130 g/mol. The number of carbonyl (C=O) groups is 1. The Labute approximate surface area is 61.6 Å². The summed E-state index contributed by atoms with van der Waals surface area (Å²) in [6, 6.07) is 0.116. The van der Waals surface area contributed by atoms with E-state index in [1.807, 2.05) is 13.8 Å². The maximum absolute atomic E-state index is 10.3. The van der Waals surface area contributed by atoms with E-state index < -0.39 is 6.09 Å². The second kappa shape index (κ2) is 4.14. The third kappa shape index (κ3) is 2.25. The molecule has 1 amide bonds. The Bertz CT molecular complexity index is 110. The molecule has 0 rings (SSSR count). The van der Waals surface area contributed by atoms with E-state index in [1.165, 1.54) is 4.90 Å². The standard InChI is InChI=1S/C7H14NO2/c1-4-6(5-2)8(3)7(9)10/h6H,4-5H2,1-3H3. The molecule has 0 aromatic heterocycles. The minimum absolute atomic E-state index is 0.116. The molecule has 0 aromatic carbocycles. The third-order valence-corrected chi connectivity index (χ3v) is 1.78. The van der Waals surface area contributed by atoms with Crippen LogP contribution in [0.2, 0.25) is 0 Å². The summed E-state index contributed by atoms with van der Waals surface area (Å²) in [7, 11) is 1.55. The summed E-state index contributed by atoms with van der Waals surface area (Å²) < 4.78 is 0. The van der Waals surface area contributed by atoms with E-state index in [1.54, 1.807) is 7.05 Å². The lowest BCUT2D eigenvalue weighted by Gasteiger charge is -2.21. The van der Waals surface area contributed by atoms with Crippen LogP contribution in [0.4, 0.5) is 4.79 Å². The third-order valence-electron chi connectivity index (χ3n) is 1.78. The molecule has 3 heteroatoms. The van der Waals surface area contributed by atoms with Gasteiger partial charge in [0.15, 0.2) is 0 Å². The Balaban J connectivity index is 3.88. The van der Waals surface area contributed by atoms with E-state index in [4.69, 9.17) is 0 Å². The van der Waals surface area contributed by atoms with Crippen LogP contribution in [0.1, 0.15) is 26.7 Å². The van der Waals surface area contributed by atoms with Crippen molar-refractivity contribution in [3.05, 3.63) is 0 Å². The van der Waals surface area contributed by atoms with Crippen molar-refractivity contribution in [2.75, 3.05) is 7.05 Å². The molecule has 0 heterocycles. The van der Waals surface area contributed by atoms with Crippen molar-refractivity contribution in [3.8, 4) is 0 Å². The SMILES string of the molecule is CCC(CC)N(C)C([O])=O. The van der Waals surface area contributed by atoms with Gasteiger partial charge in [-0.3, -0.25) is 0 Å². The predicted octanol–water partition coefficient (Wildman–Crippen LogP) is 1.66. The average Bonchev–Trinajstić information content (AvgIpc) is 1.90. The van der Waals surface area contributed by atoms with Gasteiger partial charge in [-0.25, -0.2) is 9.90 Å². The van der Waals surface area contributed by atoms with Gasteiger partial charge in [0.1, 0.15) is 0 Å². The van der Waals surface area contributed by atoms with Crippen molar-refractivity contribution in [1.82, 2.24) is 4.90 Å². The highest BCUT2D eigenvalue weighted by atomic mass is 16.4. The van der Waals surface area contributed by atoms with Crippen LogP contribution in [-0.2, 0) is 5.11 Å². The van der Waals surface area contributed by atoms with E-state index in [0.29, 0.717) is 0 Å². The van der Waals surface area contributed by atoms with Crippen LogP contribution in [0, 0.1) is 0 Å². The van der Waals surface area contributed by atoms with Gasteiger partial charge in [-0.05, 0) is 12.8 Å². The lowest BCUT2D eigenvalue weighted by molar-refractivity contribution is 0.111. The molecule has 0 saturated carbocycles. The summed E-state index contributed by atoms with van der Waals surface area (Å²) in [4.78, 5) is 11.5. The van der Waals surface area contributed by atoms with Crippen LogP contribution < -0.4 is 0 Å². The summed E-state index contributed by atoms with van der Waals surface area (Å²) in [6.07, 6.45) is 0.607. The first-order valence-corrected chi connectivity index (χ1v) is 3.57. The maximum Gasteiger partial charge on any atom is 0.453 e. The Morgan fingerprint density at radius 2 is 1.80 bits per heavy atom. The molecule has 0 aromatic rings. The highest BCUT2D eigenvalue weighted by Crippen LogP contribution is 2.05. The Kier molecular flexibility index (Phi) is 3.84. The van der Waals surface area contributed by atoms with Crippen LogP contribution in [0.25, 0.3) is 0 Å². The van der Waals surface area contributed by atoms with Gasteiger partial charge in [0.25, 0.3) is 0 Å². The first kappa shape index (κ1) is 9.27. The average molecular weight is 144 g/mol. The fraction of sp³-hybridized carbons (Fsp3) is 0.857. The number of amides is 1. The van der Waals surface area contributed by atoms with E-state index in [0.717, 1.165) is 12.8 Å². The summed E-state index contributed by atoms with van der Waals surface area (Å²) in [5, 5.41) is 10.3. The molecule has 0 aliphatic carbocycles. The van der Waals surface area contributed by atoms with Crippen LogP contribution in [-0.4, -0.2) is 24.1 Å². The van der Waals surface area contributed by atoms with Gasteiger partial charge in [0.05, 0.1) is 0 Å². The first-order chi connectivity index (χ1) is 4.63. The monoisotopic (exact) mass is 144 g/mol. The highest BCUT2D eigenvalue weighted by Gasteiger charge is 2.15. The van der Waals surface area contributed by atoms with E-state index in [9.17, 15) is 9.90 Å². The Morgan fingerprint density at radius 1 is 1.40 bits per heavy atom. The number of nitrogens with zero attached hydrogens (tertiary/aromatic N) is 1. The smallest absolute Gasteiger partial charge is 0.305 e. The molecule has 0 spiro atoms. The molecule has 0 fully saturated rings. The van der Waals surface area contributed by atoms with Crippen molar-refractivity contribution in [3.63, 3.8) is 0 Å². The van der Waals surface area contributed by atoms with Crippen LogP contribution >= 0.6 is 0 Å². The molecular formula is C7H14NO2. The lowest BCUT2D eigenvalue weighted by Crippen LogP contribution is -2.34. The number of hydrogen-bond acceptors (Lipinski definition) is 1. The summed E-state index contributed by atoms with van der Waals surface area (Å²) in [5.74, 6) is 0. The van der Waals surface area contributed by atoms with Gasteiger partial charge in [-0.2, -0.15) is 0 Å². The van der Waals surface area contributed by atoms with Crippen LogP contribution in [0.3, 0.4) is 0 Å². The van der Waals surface area contributed by atoms with Crippen molar-refractivity contribution >= 4 is 6.09 Å². The first-order valence-electron chi connectivity index (χ1n) is 3.57. The minimum atomic E-state index is -1.09. The fourth-order valence-electron chi connectivity index (χ4n) is 0.985. The van der Waals surface area contributed by atoms with Gasteiger partial charge in [0.2, 0.25) is 0 Å². The normalized spacial score (nSPS) is 10.0. The summed E-state index contributed by atoms with van der Waals surface area (Å²) in [6.45, 7) is 3.93. The predicted molar refractivity (Wildman–Crippen MR) is 38.2 cm³/mol. The van der Waals surface area contributed by atoms with Gasteiger partial charge in [0, 0.05) is 13.1 Å². The molecule has 59 valence electrons. The molecule has 0 atom stereocenters. The fourth-order valence-corrected chi connectivity index (χ4v) is 0.985. The van der Waals surface area contributed by atoms with Crippen LogP contribution in [0.5, 0.6) is 0 Å². The molecule has 0 unspecified atom stereocenters. The van der Waals surface area contributed by atoms with Gasteiger partial charge < -0.3 is 4.90 Å². The molecule has 10 heavy (non-hydrogen) atoms. The van der Waals surface area contributed by atoms with Crippen molar-refractivity contribution in [2.45, 2.75) is 32.7 Å². The second-order valence-corrected chi connectivity index (χ2v) is 2.35. The summed E-state index contributed by atoms with van der Waals surface area (Å²) in [5.41, 5.74) is 0. The summed E-state index contributed by atoms with van der Waals surface area (Å²) >= 11 is 0. The van der Waals surface area contributed by atoms with E-state index in [2.05, 4.69) is 0 Å². The van der Waals surface area contributed by atoms with Crippen molar-refractivity contribution in [1.29, 1.82) is 0 Å². The Morgan fingerprint density at radius 3 is 1.90 bits per heavy atom. The van der Waals surface area contributed by atoms with Gasteiger partial charge in [-0.1, -0.05) is 13.8 Å². The zero-order valence-electron chi connectivity index (χ0n) is 6.76. The maximum atomic E-state index is 10.3. The molecule has 0 aliphatic heterocycles. The molecule has 1 radical (unpaired) electrons. The van der Waals surface area contributed by atoms with E-state index >= 15 is 0 Å². The topological polar surface area (TPSA) is 40.2 Å². The van der Waals surface area contributed by atoms with Crippen molar-refractivity contribution in [2.24, 2.45) is 0 Å². The number of hydrogen-bond donors (Lipinski definition) is 0. The molecule has 0 saturated heterocycles. The Hall–Kier alpha value is -0.730. The minimum Gasteiger partial charge on any atom is -0.305 e. The molecule has 0 N–H and O–H groups in total. The zero-order chi connectivity index (χ0) is 8.15. The van der Waals surface area contributed by atoms with Gasteiger partial charge in [-0.15, -0.1) is 0 Å².